The third-order valence-electron chi connectivity index (χ3n) is 7.51. The number of rotatable bonds is 7. The zero-order valence-corrected chi connectivity index (χ0v) is 20.2. The van der Waals surface area contributed by atoms with Crippen LogP contribution in [0.2, 0.25) is 0 Å². The Morgan fingerprint density at radius 2 is 1.86 bits per heavy atom. The first kappa shape index (κ1) is 23.7. The predicted octanol–water partition coefficient (Wildman–Crippen LogP) is 3.38. The van der Waals surface area contributed by atoms with Gasteiger partial charge in [-0.3, -0.25) is 14.7 Å². The monoisotopic (exact) mass is 479 g/mol. The number of carbonyl (C=O) groups is 1. The molecule has 1 saturated carbocycles. The molecule has 35 heavy (non-hydrogen) atoms. The van der Waals surface area contributed by atoms with Gasteiger partial charge in [0.05, 0.1) is 12.3 Å². The Morgan fingerprint density at radius 1 is 1.11 bits per heavy atom. The maximum Gasteiger partial charge on any atom is 0.274 e. The smallest absolute Gasteiger partial charge is 0.274 e. The maximum absolute atomic E-state index is 13.6. The van der Waals surface area contributed by atoms with Gasteiger partial charge in [0, 0.05) is 30.4 Å². The van der Waals surface area contributed by atoms with Crippen LogP contribution in [0.5, 0.6) is 0 Å². The molecule has 0 spiro atoms. The molecule has 2 N–H and O–H groups in total. The number of H-pyrrole nitrogens is 1. The molecule has 0 atom stereocenters. The number of fused-ring (bicyclic) bond motifs is 1. The van der Waals surface area contributed by atoms with Gasteiger partial charge in [-0.1, -0.05) is 56.5 Å². The molecule has 1 amide bonds. The highest BCUT2D eigenvalue weighted by atomic mass is 16.5. The number of hydrogen-bond donors (Lipinski definition) is 2. The van der Waals surface area contributed by atoms with E-state index in [4.69, 9.17) is 9.47 Å². The Hall–Kier alpha value is -3.04. The van der Waals surface area contributed by atoms with Gasteiger partial charge < -0.3 is 14.8 Å². The molecule has 0 bridgehead atoms. The summed E-state index contributed by atoms with van der Waals surface area (Å²) >= 11 is 0. The molecule has 1 aliphatic carbocycles. The number of nitrogens with one attached hydrogen (secondary N) is 2. The van der Waals surface area contributed by atoms with E-state index >= 15 is 0 Å². The second-order valence-corrected chi connectivity index (χ2v) is 9.70. The predicted molar refractivity (Wildman–Crippen MR) is 131 cm³/mol. The van der Waals surface area contributed by atoms with Gasteiger partial charge in [-0.05, 0) is 32.1 Å². The molecule has 1 aliphatic heterocycles. The lowest BCUT2D eigenvalue weighted by molar-refractivity contribution is -0.158. The van der Waals surface area contributed by atoms with Crippen LogP contribution < -0.4 is 10.9 Å². The summed E-state index contributed by atoms with van der Waals surface area (Å²) in [5.41, 5.74) is -0.0902. The highest BCUT2D eigenvalue weighted by molar-refractivity contribution is 5.86. The van der Waals surface area contributed by atoms with E-state index in [1.54, 1.807) is 0 Å². The van der Waals surface area contributed by atoms with Crippen molar-refractivity contribution in [3.8, 4) is 11.4 Å². The number of hydrogen-bond acceptors (Lipinski definition) is 6. The Balaban J connectivity index is 1.36. The fourth-order valence-corrected chi connectivity index (χ4v) is 5.18. The van der Waals surface area contributed by atoms with Crippen molar-refractivity contribution in [2.75, 3.05) is 13.2 Å². The summed E-state index contributed by atoms with van der Waals surface area (Å²) < 4.78 is 13.2. The molecule has 9 nitrogen and oxygen atoms in total. The summed E-state index contributed by atoms with van der Waals surface area (Å²) in [6.45, 7) is 3.50. The zero-order valence-electron chi connectivity index (χ0n) is 20.2. The van der Waals surface area contributed by atoms with Crippen LogP contribution >= 0.6 is 0 Å². The number of aromatic amines is 1. The van der Waals surface area contributed by atoms with E-state index in [0.717, 1.165) is 44.1 Å². The van der Waals surface area contributed by atoms with Crippen LogP contribution in [0, 0.1) is 0 Å². The second-order valence-electron chi connectivity index (χ2n) is 9.70. The number of benzene rings is 1. The van der Waals surface area contributed by atoms with Crippen molar-refractivity contribution >= 4 is 11.7 Å². The van der Waals surface area contributed by atoms with Gasteiger partial charge in [-0.2, -0.15) is 9.50 Å². The third-order valence-corrected chi connectivity index (χ3v) is 7.51. The Kier molecular flexibility index (Phi) is 6.71. The van der Waals surface area contributed by atoms with Gasteiger partial charge in [0.1, 0.15) is 5.60 Å². The van der Waals surface area contributed by atoms with Crippen molar-refractivity contribution in [1.29, 1.82) is 0 Å². The molecule has 186 valence electrons. The van der Waals surface area contributed by atoms with Gasteiger partial charge in [0.2, 0.25) is 0 Å². The first-order chi connectivity index (χ1) is 17.0. The summed E-state index contributed by atoms with van der Waals surface area (Å²) in [6.07, 6.45) is 6.76. The van der Waals surface area contributed by atoms with Gasteiger partial charge in [0.15, 0.2) is 5.82 Å². The minimum atomic E-state index is -0.910. The van der Waals surface area contributed by atoms with Crippen molar-refractivity contribution in [2.24, 2.45) is 0 Å². The van der Waals surface area contributed by atoms with Gasteiger partial charge in [-0.25, -0.2) is 4.98 Å². The molecule has 9 heteroatoms. The number of nitrogens with zero attached hydrogens (tertiary/aromatic N) is 3. The number of amides is 1. The van der Waals surface area contributed by atoms with Crippen LogP contribution in [0.3, 0.4) is 0 Å². The summed E-state index contributed by atoms with van der Waals surface area (Å²) in [5, 5.41) is 6.35. The van der Waals surface area contributed by atoms with Crippen molar-refractivity contribution in [1.82, 2.24) is 24.9 Å². The number of aromatic nitrogens is 4. The molecule has 5 rings (SSSR count). The lowest BCUT2D eigenvalue weighted by atomic mass is 9.81. The van der Waals surface area contributed by atoms with E-state index in [9.17, 15) is 9.59 Å². The SMILES string of the molecule is CCC1(NC(=O)C2(OCc3cc(=O)n4[nH]c(-c5ccccc5)nc4n3)CCCCC2)CCOCC1. The van der Waals surface area contributed by atoms with Crippen LogP contribution in [-0.4, -0.2) is 49.8 Å². The minimum Gasteiger partial charge on any atom is -0.381 e. The molecule has 1 saturated heterocycles. The van der Waals surface area contributed by atoms with Crippen LogP contribution in [0.15, 0.2) is 41.2 Å². The highest BCUT2D eigenvalue weighted by Crippen LogP contribution is 2.35. The Morgan fingerprint density at radius 3 is 2.57 bits per heavy atom. The molecule has 2 fully saturated rings. The fourth-order valence-electron chi connectivity index (χ4n) is 5.18. The summed E-state index contributed by atoms with van der Waals surface area (Å²) in [6, 6.07) is 11.0. The van der Waals surface area contributed by atoms with E-state index in [1.165, 1.54) is 10.6 Å². The van der Waals surface area contributed by atoms with E-state index in [-0.39, 0.29) is 29.4 Å². The average Bonchev–Trinajstić information content (AvgIpc) is 3.34. The molecule has 2 aliphatic rings. The molecule has 3 aromatic rings. The lowest BCUT2D eigenvalue weighted by Crippen LogP contribution is -2.59. The zero-order chi connectivity index (χ0) is 24.3. The number of ether oxygens (including phenoxy) is 2. The molecule has 3 heterocycles. The van der Waals surface area contributed by atoms with E-state index in [0.29, 0.717) is 37.6 Å². The van der Waals surface area contributed by atoms with Gasteiger partial charge >= 0.3 is 0 Å². The van der Waals surface area contributed by atoms with Gasteiger partial charge in [0.25, 0.3) is 17.2 Å². The summed E-state index contributed by atoms with van der Waals surface area (Å²) in [4.78, 5) is 35.4. The van der Waals surface area contributed by atoms with Crippen LogP contribution in [0.1, 0.15) is 64.0 Å². The first-order valence-corrected chi connectivity index (χ1v) is 12.6. The van der Waals surface area contributed by atoms with Crippen LogP contribution in [0.25, 0.3) is 17.2 Å². The second kappa shape index (κ2) is 9.91. The largest absolute Gasteiger partial charge is 0.381 e. The third kappa shape index (κ3) is 4.88. The van der Waals surface area contributed by atoms with Crippen molar-refractivity contribution in [3.63, 3.8) is 0 Å². The normalized spacial score (nSPS) is 19.5. The van der Waals surface area contributed by atoms with Crippen LogP contribution in [-0.2, 0) is 20.9 Å². The van der Waals surface area contributed by atoms with Crippen molar-refractivity contribution < 1.29 is 14.3 Å². The topological polar surface area (TPSA) is 111 Å². The van der Waals surface area contributed by atoms with Crippen molar-refractivity contribution in [2.45, 2.75) is 76.0 Å². The summed E-state index contributed by atoms with van der Waals surface area (Å²) in [7, 11) is 0. The maximum atomic E-state index is 13.6. The standard InChI is InChI=1S/C26H33N5O4/c1-2-25(13-15-34-16-14-25)29-23(33)26(11-7-4-8-12-26)35-18-20-17-21(32)31-24(27-20)28-22(30-31)19-9-5-3-6-10-19/h3,5-6,9-10,17H,2,4,7-8,11-16,18H2,1H3,(H,29,33)(H,27,28,30). The molecule has 0 radical (unpaired) electrons. The highest BCUT2D eigenvalue weighted by Gasteiger charge is 2.44. The molecule has 2 aromatic heterocycles. The molecule has 0 unspecified atom stereocenters. The fraction of sp³-hybridized carbons (Fsp3) is 0.538. The van der Waals surface area contributed by atoms with E-state index in [2.05, 4.69) is 27.3 Å². The number of carbonyl (C=O) groups excluding carboxylic acids is 1. The summed E-state index contributed by atoms with van der Waals surface area (Å²) in [5.74, 6) is 0.798. The minimum absolute atomic E-state index is 0.0510. The molecular weight excluding hydrogens is 446 g/mol. The molecular formula is C26H33N5O4. The average molecular weight is 480 g/mol. The quantitative estimate of drug-likeness (QED) is 0.538. The lowest BCUT2D eigenvalue weighted by Gasteiger charge is -2.42. The van der Waals surface area contributed by atoms with E-state index < -0.39 is 5.60 Å². The Labute approximate surface area is 204 Å². The van der Waals surface area contributed by atoms with Crippen LogP contribution in [0.4, 0.5) is 0 Å². The molecule has 1 aromatic carbocycles. The Bertz CT molecular complexity index is 1220. The van der Waals surface area contributed by atoms with Crippen molar-refractivity contribution in [3.05, 3.63) is 52.4 Å². The van der Waals surface area contributed by atoms with Gasteiger partial charge in [-0.15, -0.1) is 0 Å². The first-order valence-electron chi connectivity index (χ1n) is 12.6. The van der Waals surface area contributed by atoms with E-state index in [1.807, 2.05) is 30.3 Å².